The lowest BCUT2D eigenvalue weighted by Crippen LogP contribution is -3.28. The van der Waals surface area contributed by atoms with Gasteiger partial charge in [0.15, 0.2) is 18.0 Å². The highest BCUT2D eigenvalue weighted by Gasteiger charge is 2.24. The van der Waals surface area contributed by atoms with Crippen LogP contribution in [-0.2, 0) is 11.3 Å². The standard InChI is InChI=1S/C22H28N4O3/c1-17-3-5-18(6-4-17)15-25-9-11-26(12-10-25)16-22(28)24-23-14-19-7-8-20(27)21(13-19)29-2/h3-8,13-14,27H,9-12,15-16H2,1-2H3,(H,24,28)/p+2/b23-14+. The van der Waals surface area contributed by atoms with E-state index in [1.807, 2.05) is 0 Å². The lowest BCUT2D eigenvalue weighted by Gasteiger charge is -2.29. The van der Waals surface area contributed by atoms with Crippen LogP contribution in [0, 0.1) is 6.92 Å². The van der Waals surface area contributed by atoms with Gasteiger partial charge in [-0.3, -0.25) is 4.79 Å². The number of carbonyl (C=O) groups excluding carboxylic acids is 1. The molecule has 2 aromatic rings. The van der Waals surface area contributed by atoms with Gasteiger partial charge in [-0.2, -0.15) is 5.10 Å². The molecule has 1 aliphatic rings. The molecule has 0 unspecified atom stereocenters. The van der Waals surface area contributed by atoms with E-state index in [2.05, 4.69) is 41.7 Å². The van der Waals surface area contributed by atoms with Crippen LogP contribution in [0.1, 0.15) is 16.7 Å². The number of phenols is 1. The summed E-state index contributed by atoms with van der Waals surface area (Å²) >= 11 is 0. The van der Waals surface area contributed by atoms with Gasteiger partial charge in [-0.1, -0.05) is 29.8 Å². The Balaban J connectivity index is 1.40. The fourth-order valence-corrected chi connectivity index (χ4v) is 3.53. The summed E-state index contributed by atoms with van der Waals surface area (Å²) in [6.45, 7) is 7.66. The van der Waals surface area contributed by atoms with E-state index in [9.17, 15) is 9.90 Å². The Bertz CT molecular complexity index is 844. The van der Waals surface area contributed by atoms with Crippen molar-refractivity contribution in [2.45, 2.75) is 13.5 Å². The first-order valence-electron chi connectivity index (χ1n) is 9.95. The molecule has 2 aromatic carbocycles. The Labute approximate surface area is 171 Å². The predicted molar refractivity (Wildman–Crippen MR) is 112 cm³/mol. The Morgan fingerprint density at radius 1 is 1.14 bits per heavy atom. The summed E-state index contributed by atoms with van der Waals surface area (Å²) in [7, 11) is 1.49. The van der Waals surface area contributed by atoms with Crippen molar-refractivity contribution in [2.75, 3.05) is 39.8 Å². The number of benzene rings is 2. The molecule has 0 aromatic heterocycles. The van der Waals surface area contributed by atoms with Gasteiger partial charge in [0.1, 0.15) is 32.7 Å². The van der Waals surface area contributed by atoms with Crippen LogP contribution in [0.2, 0.25) is 0 Å². The van der Waals surface area contributed by atoms with E-state index in [4.69, 9.17) is 4.74 Å². The van der Waals surface area contributed by atoms with Crippen LogP contribution in [0.4, 0.5) is 0 Å². The van der Waals surface area contributed by atoms with E-state index >= 15 is 0 Å². The summed E-state index contributed by atoms with van der Waals surface area (Å²) in [4.78, 5) is 15.0. The number of aromatic hydroxyl groups is 1. The molecule has 3 rings (SSSR count). The number of ether oxygens (including phenoxy) is 1. The zero-order valence-corrected chi connectivity index (χ0v) is 17.1. The molecule has 1 fully saturated rings. The van der Waals surface area contributed by atoms with E-state index in [0.29, 0.717) is 12.3 Å². The van der Waals surface area contributed by atoms with Crippen molar-refractivity contribution in [3.8, 4) is 11.5 Å². The molecular formula is C22H30N4O3+2. The van der Waals surface area contributed by atoms with Crippen molar-refractivity contribution in [3.63, 3.8) is 0 Å². The fourth-order valence-electron chi connectivity index (χ4n) is 3.53. The number of rotatable bonds is 7. The Morgan fingerprint density at radius 2 is 1.83 bits per heavy atom. The molecule has 0 saturated carbocycles. The van der Waals surface area contributed by atoms with Crippen LogP contribution in [-0.4, -0.2) is 57.1 Å². The van der Waals surface area contributed by atoms with Crippen molar-refractivity contribution in [2.24, 2.45) is 5.10 Å². The molecule has 0 radical (unpaired) electrons. The van der Waals surface area contributed by atoms with E-state index in [0.717, 1.165) is 38.3 Å². The van der Waals surface area contributed by atoms with Crippen LogP contribution in [0.25, 0.3) is 0 Å². The number of hydrazone groups is 1. The predicted octanol–water partition coefficient (Wildman–Crippen LogP) is -0.857. The van der Waals surface area contributed by atoms with Crippen LogP contribution in [0.15, 0.2) is 47.6 Å². The number of phenolic OH excluding ortho intramolecular Hbond substituents is 1. The third-order valence-corrected chi connectivity index (χ3v) is 5.26. The zero-order chi connectivity index (χ0) is 20.6. The number of nitrogens with one attached hydrogen (secondary N) is 3. The van der Waals surface area contributed by atoms with Crippen molar-refractivity contribution < 1.29 is 24.4 Å². The highest BCUT2D eigenvalue weighted by Crippen LogP contribution is 2.25. The number of aryl methyl sites for hydroxylation is 1. The van der Waals surface area contributed by atoms with Gasteiger partial charge in [0.25, 0.3) is 5.91 Å². The number of piperazine rings is 1. The third-order valence-electron chi connectivity index (χ3n) is 5.26. The SMILES string of the molecule is COc1cc(/C=N/NC(=O)C[NH+]2CC[NH+](Cc3ccc(C)cc3)CC2)ccc1O. The van der Waals surface area contributed by atoms with Gasteiger partial charge < -0.3 is 19.6 Å². The van der Waals surface area contributed by atoms with Gasteiger partial charge in [-0.25, -0.2) is 5.43 Å². The van der Waals surface area contributed by atoms with Gasteiger partial charge >= 0.3 is 0 Å². The van der Waals surface area contributed by atoms with Crippen molar-refractivity contribution in [3.05, 3.63) is 59.2 Å². The summed E-state index contributed by atoms with van der Waals surface area (Å²) in [5.74, 6) is 0.348. The maximum atomic E-state index is 12.2. The van der Waals surface area contributed by atoms with E-state index in [-0.39, 0.29) is 11.7 Å². The number of amides is 1. The summed E-state index contributed by atoms with van der Waals surface area (Å²) in [6.07, 6.45) is 1.54. The zero-order valence-electron chi connectivity index (χ0n) is 17.1. The second-order valence-electron chi connectivity index (χ2n) is 7.56. The Kier molecular flexibility index (Phi) is 7.21. The normalized spacial score (nSPS) is 19.2. The van der Waals surface area contributed by atoms with E-state index < -0.39 is 0 Å². The fraction of sp³-hybridized carbons (Fsp3) is 0.364. The average molecular weight is 399 g/mol. The minimum Gasteiger partial charge on any atom is -0.504 e. The summed E-state index contributed by atoms with van der Waals surface area (Å²) in [5, 5.41) is 13.6. The highest BCUT2D eigenvalue weighted by atomic mass is 16.5. The molecule has 1 aliphatic heterocycles. The number of quaternary nitrogens is 2. The molecule has 1 heterocycles. The first-order valence-corrected chi connectivity index (χ1v) is 9.95. The topological polar surface area (TPSA) is 79.8 Å². The molecule has 0 bridgehead atoms. The summed E-state index contributed by atoms with van der Waals surface area (Å²) in [6, 6.07) is 13.6. The van der Waals surface area contributed by atoms with Gasteiger partial charge in [0, 0.05) is 5.56 Å². The lowest BCUT2D eigenvalue weighted by atomic mass is 10.1. The van der Waals surface area contributed by atoms with Crippen LogP contribution in [0.3, 0.4) is 0 Å². The molecular weight excluding hydrogens is 368 g/mol. The number of hydrogen-bond acceptors (Lipinski definition) is 4. The second kappa shape index (κ2) is 10.0. The monoisotopic (exact) mass is 398 g/mol. The molecule has 154 valence electrons. The second-order valence-corrected chi connectivity index (χ2v) is 7.56. The van der Waals surface area contributed by atoms with Gasteiger partial charge in [-0.05, 0) is 30.7 Å². The first-order chi connectivity index (χ1) is 14.0. The van der Waals surface area contributed by atoms with Crippen molar-refractivity contribution in [1.82, 2.24) is 5.43 Å². The van der Waals surface area contributed by atoms with Crippen molar-refractivity contribution in [1.29, 1.82) is 0 Å². The smallest absolute Gasteiger partial charge is 0.295 e. The molecule has 1 saturated heterocycles. The Morgan fingerprint density at radius 3 is 2.52 bits per heavy atom. The van der Waals surface area contributed by atoms with Crippen molar-refractivity contribution >= 4 is 12.1 Å². The molecule has 4 N–H and O–H groups in total. The Hall–Kier alpha value is -2.90. The minimum absolute atomic E-state index is 0.0703. The molecule has 7 heteroatoms. The van der Waals surface area contributed by atoms with Crippen LogP contribution >= 0.6 is 0 Å². The number of hydrogen-bond donors (Lipinski definition) is 4. The maximum absolute atomic E-state index is 12.2. The number of methoxy groups -OCH3 is 1. The van der Waals surface area contributed by atoms with Crippen LogP contribution in [0.5, 0.6) is 11.5 Å². The molecule has 0 atom stereocenters. The number of nitrogens with zero attached hydrogens (tertiary/aromatic N) is 1. The van der Waals surface area contributed by atoms with Gasteiger partial charge in [-0.15, -0.1) is 0 Å². The molecule has 0 aliphatic carbocycles. The first kappa shape index (κ1) is 20.8. The van der Waals surface area contributed by atoms with Gasteiger partial charge in [0.2, 0.25) is 0 Å². The molecule has 7 nitrogen and oxygen atoms in total. The minimum atomic E-state index is -0.0935. The molecule has 29 heavy (non-hydrogen) atoms. The lowest BCUT2D eigenvalue weighted by molar-refractivity contribution is -1.02. The van der Waals surface area contributed by atoms with Crippen LogP contribution < -0.4 is 20.0 Å². The van der Waals surface area contributed by atoms with E-state index in [1.165, 1.54) is 29.2 Å². The molecule has 0 spiro atoms. The maximum Gasteiger partial charge on any atom is 0.295 e. The largest absolute Gasteiger partial charge is 0.504 e. The summed E-state index contributed by atoms with van der Waals surface area (Å²) < 4.78 is 5.06. The highest BCUT2D eigenvalue weighted by molar-refractivity contribution is 5.83. The third kappa shape index (κ3) is 6.30. The molecule has 1 amide bonds. The summed E-state index contributed by atoms with van der Waals surface area (Å²) in [5.41, 5.74) is 5.98. The number of carbonyl (C=O) groups is 1. The van der Waals surface area contributed by atoms with E-state index in [1.54, 1.807) is 23.2 Å². The quantitative estimate of drug-likeness (QED) is 0.362. The average Bonchev–Trinajstić information content (AvgIpc) is 2.72. The van der Waals surface area contributed by atoms with Gasteiger partial charge in [0.05, 0.1) is 13.3 Å².